The summed E-state index contributed by atoms with van der Waals surface area (Å²) in [5.41, 5.74) is 10.3. The van der Waals surface area contributed by atoms with Gasteiger partial charge in [0.2, 0.25) is 0 Å². The minimum Gasteiger partial charge on any atom is -0.489 e. The van der Waals surface area contributed by atoms with Gasteiger partial charge in [0, 0.05) is 33.6 Å². The van der Waals surface area contributed by atoms with Crippen molar-refractivity contribution in [3.63, 3.8) is 0 Å². The molecule has 0 fully saturated rings. The van der Waals surface area contributed by atoms with E-state index < -0.39 is 5.97 Å². The van der Waals surface area contributed by atoms with Crippen molar-refractivity contribution in [2.45, 2.75) is 13.5 Å². The van der Waals surface area contributed by atoms with Crippen molar-refractivity contribution < 1.29 is 19.4 Å². The Morgan fingerprint density at radius 1 is 1.03 bits per heavy atom. The van der Waals surface area contributed by atoms with E-state index in [2.05, 4.69) is 10.3 Å². The summed E-state index contributed by atoms with van der Waals surface area (Å²) < 4.78 is 5.75. The second-order valence-corrected chi connectivity index (χ2v) is 7.31. The zero-order valence-electron chi connectivity index (χ0n) is 17.7. The second-order valence-electron chi connectivity index (χ2n) is 7.31. The number of carbonyl (C=O) groups is 2. The summed E-state index contributed by atoms with van der Waals surface area (Å²) in [6.07, 6.45) is 0. The molecule has 0 bridgehead atoms. The molecule has 4 rings (SSSR count). The molecule has 0 saturated carbocycles. The number of nitrogen functional groups attached to an aromatic ring is 1. The molecule has 0 spiro atoms. The van der Waals surface area contributed by atoms with Gasteiger partial charge in [0.25, 0.3) is 5.91 Å². The molecule has 4 N–H and O–H groups in total. The molecule has 0 saturated heterocycles. The quantitative estimate of drug-likeness (QED) is 0.367. The van der Waals surface area contributed by atoms with E-state index in [4.69, 9.17) is 15.6 Å². The molecule has 1 heterocycles. The van der Waals surface area contributed by atoms with Gasteiger partial charge < -0.3 is 20.9 Å². The number of nitrogens with two attached hydrogens (primary N) is 1. The molecule has 1 amide bonds. The summed E-state index contributed by atoms with van der Waals surface area (Å²) in [6.45, 7) is 2.04. The van der Waals surface area contributed by atoms with Crippen molar-refractivity contribution in [1.29, 1.82) is 0 Å². The number of anilines is 2. The third-order valence-electron chi connectivity index (χ3n) is 4.98. The van der Waals surface area contributed by atoms with Crippen LogP contribution in [0.5, 0.6) is 5.75 Å². The number of fused-ring (bicyclic) bond motifs is 1. The Bertz CT molecular complexity index is 1320. The Labute approximate surface area is 196 Å². The second kappa shape index (κ2) is 10.0. The third-order valence-corrected chi connectivity index (χ3v) is 4.98. The van der Waals surface area contributed by atoms with E-state index in [9.17, 15) is 9.59 Å². The SMILES string of the molecule is Cc1cc(N)c2cc(NC(=O)c3ccccc3COc3ccc(C(=O)O)cc3)ccc2n1.Cl. The van der Waals surface area contributed by atoms with Crippen LogP contribution in [0.15, 0.2) is 72.8 Å². The maximum atomic E-state index is 13.0. The molecule has 0 radical (unpaired) electrons. The predicted molar refractivity (Wildman–Crippen MR) is 130 cm³/mol. The largest absolute Gasteiger partial charge is 0.489 e. The van der Waals surface area contributed by atoms with Gasteiger partial charge in [0.1, 0.15) is 12.4 Å². The topological polar surface area (TPSA) is 115 Å². The van der Waals surface area contributed by atoms with Crippen molar-refractivity contribution in [2.24, 2.45) is 0 Å². The lowest BCUT2D eigenvalue weighted by Crippen LogP contribution is -2.15. The van der Waals surface area contributed by atoms with Crippen LogP contribution in [0.3, 0.4) is 0 Å². The number of halogens is 1. The zero-order valence-corrected chi connectivity index (χ0v) is 18.6. The number of ether oxygens (including phenoxy) is 1. The fraction of sp³-hybridized carbons (Fsp3) is 0.0800. The predicted octanol–water partition coefficient (Wildman–Crippen LogP) is 5.08. The van der Waals surface area contributed by atoms with Crippen molar-refractivity contribution in [1.82, 2.24) is 4.98 Å². The molecule has 0 unspecified atom stereocenters. The molecule has 7 nitrogen and oxygen atoms in total. The lowest BCUT2D eigenvalue weighted by Gasteiger charge is -2.12. The number of nitrogens with one attached hydrogen (secondary N) is 1. The van der Waals surface area contributed by atoms with Gasteiger partial charge in [-0.1, -0.05) is 18.2 Å². The summed E-state index contributed by atoms with van der Waals surface area (Å²) >= 11 is 0. The average molecular weight is 464 g/mol. The molecule has 0 atom stereocenters. The number of carboxylic acid groups (broad SMARTS) is 1. The van der Waals surface area contributed by atoms with Crippen LogP contribution in [0.4, 0.5) is 11.4 Å². The first-order chi connectivity index (χ1) is 15.4. The Kier molecular flexibility index (Phi) is 7.15. The molecule has 33 heavy (non-hydrogen) atoms. The molecule has 0 aliphatic rings. The average Bonchev–Trinajstić information content (AvgIpc) is 2.78. The summed E-state index contributed by atoms with van der Waals surface area (Å²) in [5.74, 6) is -0.763. The first kappa shape index (κ1) is 23.6. The van der Waals surface area contributed by atoms with Crippen molar-refractivity contribution in [3.05, 3.63) is 95.2 Å². The first-order valence-electron chi connectivity index (χ1n) is 9.93. The van der Waals surface area contributed by atoms with Crippen LogP contribution in [0, 0.1) is 6.92 Å². The number of pyridine rings is 1. The van der Waals surface area contributed by atoms with Gasteiger partial charge in [-0.25, -0.2) is 4.79 Å². The van der Waals surface area contributed by atoms with E-state index in [1.807, 2.05) is 25.1 Å². The lowest BCUT2D eigenvalue weighted by atomic mass is 10.1. The summed E-state index contributed by atoms with van der Waals surface area (Å²) in [5, 5.41) is 12.7. The number of carbonyl (C=O) groups excluding carboxylic acids is 1. The standard InChI is InChI=1S/C25H21N3O4.ClH/c1-15-12-22(26)21-13-18(8-11-23(21)27-15)28-24(29)20-5-3-2-4-17(20)14-32-19-9-6-16(7-10-19)25(30)31;/h2-13H,14H2,1H3,(H2,26,27)(H,28,29)(H,30,31);1H. The van der Waals surface area contributed by atoms with Gasteiger partial charge in [-0.3, -0.25) is 9.78 Å². The van der Waals surface area contributed by atoms with E-state index in [1.54, 1.807) is 42.5 Å². The van der Waals surface area contributed by atoms with Gasteiger partial charge >= 0.3 is 5.97 Å². The van der Waals surface area contributed by atoms with E-state index in [-0.39, 0.29) is 30.5 Å². The number of nitrogens with zero attached hydrogens (tertiary/aromatic N) is 1. The number of hydrogen-bond donors (Lipinski definition) is 3. The van der Waals surface area contributed by atoms with Crippen LogP contribution in [0.2, 0.25) is 0 Å². The summed E-state index contributed by atoms with van der Waals surface area (Å²) in [6, 6.07) is 20.5. The van der Waals surface area contributed by atoms with Gasteiger partial charge in [-0.15, -0.1) is 12.4 Å². The molecule has 3 aromatic carbocycles. The van der Waals surface area contributed by atoms with E-state index >= 15 is 0 Å². The molecular formula is C25H22ClN3O4. The van der Waals surface area contributed by atoms with Gasteiger partial charge in [0.05, 0.1) is 11.1 Å². The van der Waals surface area contributed by atoms with E-state index in [1.165, 1.54) is 12.1 Å². The highest BCUT2D eigenvalue weighted by atomic mass is 35.5. The van der Waals surface area contributed by atoms with Gasteiger partial charge in [0.15, 0.2) is 0 Å². The monoisotopic (exact) mass is 463 g/mol. The fourth-order valence-electron chi connectivity index (χ4n) is 3.39. The summed E-state index contributed by atoms with van der Waals surface area (Å²) in [4.78, 5) is 28.4. The van der Waals surface area contributed by atoms with Gasteiger partial charge in [-0.05, 0) is 61.5 Å². The molecule has 4 aromatic rings. The normalized spacial score (nSPS) is 10.3. The molecule has 168 valence electrons. The number of hydrogen-bond acceptors (Lipinski definition) is 5. The number of rotatable bonds is 6. The van der Waals surface area contributed by atoms with Crippen LogP contribution < -0.4 is 15.8 Å². The minimum absolute atomic E-state index is 0. The molecule has 8 heteroatoms. The number of benzene rings is 3. The Morgan fingerprint density at radius 3 is 2.48 bits per heavy atom. The number of aromatic nitrogens is 1. The highest BCUT2D eigenvalue weighted by molar-refractivity contribution is 6.06. The number of aromatic carboxylic acids is 1. The lowest BCUT2D eigenvalue weighted by molar-refractivity contribution is 0.0696. The van der Waals surface area contributed by atoms with E-state index in [0.29, 0.717) is 28.3 Å². The molecular weight excluding hydrogens is 442 g/mol. The first-order valence-corrected chi connectivity index (χ1v) is 9.93. The van der Waals surface area contributed by atoms with Crippen LogP contribution in [0.25, 0.3) is 10.9 Å². The number of carboxylic acids is 1. The van der Waals surface area contributed by atoms with Crippen molar-refractivity contribution >= 4 is 46.6 Å². The maximum Gasteiger partial charge on any atom is 0.335 e. The molecule has 0 aliphatic carbocycles. The molecule has 0 aliphatic heterocycles. The van der Waals surface area contributed by atoms with Crippen LogP contribution in [-0.4, -0.2) is 22.0 Å². The van der Waals surface area contributed by atoms with Crippen LogP contribution in [-0.2, 0) is 6.61 Å². The van der Waals surface area contributed by atoms with Crippen molar-refractivity contribution in [2.75, 3.05) is 11.1 Å². The Hall–Kier alpha value is -4.10. The zero-order chi connectivity index (χ0) is 22.7. The fourth-order valence-corrected chi connectivity index (χ4v) is 3.39. The van der Waals surface area contributed by atoms with Crippen LogP contribution >= 0.6 is 12.4 Å². The van der Waals surface area contributed by atoms with Crippen molar-refractivity contribution in [3.8, 4) is 5.75 Å². The van der Waals surface area contributed by atoms with Crippen LogP contribution in [0.1, 0.15) is 32.0 Å². The summed E-state index contributed by atoms with van der Waals surface area (Å²) in [7, 11) is 0. The van der Waals surface area contributed by atoms with E-state index in [0.717, 1.165) is 16.6 Å². The maximum absolute atomic E-state index is 13.0. The Balaban J connectivity index is 0.00000306. The molecule has 1 aromatic heterocycles. The Morgan fingerprint density at radius 2 is 1.76 bits per heavy atom. The smallest absolute Gasteiger partial charge is 0.335 e. The minimum atomic E-state index is -1.00. The third kappa shape index (κ3) is 5.39. The number of aryl methyl sites for hydroxylation is 1. The van der Waals surface area contributed by atoms with Gasteiger partial charge in [-0.2, -0.15) is 0 Å². The highest BCUT2D eigenvalue weighted by Gasteiger charge is 2.13. The number of amides is 1. The highest BCUT2D eigenvalue weighted by Crippen LogP contribution is 2.25.